The van der Waals surface area contributed by atoms with Gasteiger partial charge in [-0.3, -0.25) is 4.98 Å². The van der Waals surface area contributed by atoms with Gasteiger partial charge in [0.25, 0.3) is 0 Å². The smallest absolute Gasteiger partial charge is 0.407 e. The van der Waals surface area contributed by atoms with Gasteiger partial charge in [0.1, 0.15) is 11.4 Å². The van der Waals surface area contributed by atoms with Crippen molar-refractivity contribution in [1.29, 1.82) is 0 Å². The molecule has 1 amide bonds. The van der Waals surface area contributed by atoms with Crippen LogP contribution in [0.15, 0.2) is 18.3 Å². The molecule has 1 atom stereocenters. The summed E-state index contributed by atoms with van der Waals surface area (Å²) in [4.78, 5) is 15.9. The fraction of sp³-hybridized carbons (Fsp3) is 0.571. The number of methoxy groups -OCH3 is 1. The van der Waals surface area contributed by atoms with Gasteiger partial charge in [-0.05, 0) is 26.8 Å². The van der Waals surface area contributed by atoms with Crippen LogP contribution >= 0.6 is 0 Å². The van der Waals surface area contributed by atoms with E-state index in [0.717, 1.165) is 11.4 Å². The van der Waals surface area contributed by atoms with Crippen LogP contribution in [0.2, 0.25) is 0 Å². The van der Waals surface area contributed by atoms with Crippen molar-refractivity contribution in [2.75, 3.05) is 13.7 Å². The van der Waals surface area contributed by atoms with Gasteiger partial charge in [-0.15, -0.1) is 0 Å². The van der Waals surface area contributed by atoms with Crippen LogP contribution in [-0.4, -0.2) is 36.4 Å². The number of ether oxygens (including phenoxy) is 2. The van der Waals surface area contributed by atoms with E-state index in [0.29, 0.717) is 13.0 Å². The Morgan fingerprint density at radius 1 is 1.50 bits per heavy atom. The van der Waals surface area contributed by atoms with Gasteiger partial charge in [0, 0.05) is 37.0 Å². The molecule has 6 nitrogen and oxygen atoms in total. The second-order valence-corrected chi connectivity index (χ2v) is 5.47. The molecule has 6 heteroatoms. The SMILES string of the molecule is COc1ccnc(CC(CN)NC(=O)OC(C)(C)C)c1. The van der Waals surface area contributed by atoms with Gasteiger partial charge in [-0.1, -0.05) is 0 Å². The van der Waals surface area contributed by atoms with E-state index in [4.69, 9.17) is 15.2 Å². The molecule has 0 aliphatic heterocycles. The molecule has 1 rings (SSSR count). The maximum atomic E-state index is 11.7. The van der Waals surface area contributed by atoms with Crippen LogP contribution in [0.3, 0.4) is 0 Å². The highest BCUT2D eigenvalue weighted by Crippen LogP contribution is 2.12. The van der Waals surface area contributed by atoms with Crippen LogP contribution < -0.4 is 15.8 Å². The number of rotatable bonds is 5. The highest BCUT2D eigenvalue weighted by atomic mass is 16.6. The fourth-order valence-corrected chi connectivity index (χ4v) is 1.61. The second kappa shape index (κ2) is 7.09. The lowest BCUT2D eigenvalue weighted by Crippen LogP contribution is -2.44. The molecule has 0 saturated carbocycles. The van der Waals surface area contributed by atoms with Crippen molar-refractivity contribution in [1.82, 2.24) is 10.3 Å². The molecule has 0 fully saturated rings. The first-order valence-electron chi connectivity index (χ1n) is 6.52. The molecular formula is C14H23N3O3. The average molecular weight is 281 g/mol. The Kier molecular flexibility index (Phi) is 5.76. The largest absolute Gasteiger partial charge is 0.497 e. The standard InChI is InChI=1S/C14H23N3O3/c1-14(2,3)20-13(18)17-11(9-15)7-10-8-12(19-4)5-6-16-10/h5-6,8,11H,7,9,15H2,1-4H3,(H,17,18). The quantitative estimate of drug-likeness (QED) is 0.853. The summed E-state index contributed by atoms with van der Waals surface area (Å²) < 4.78 is 10.3. The van der Waals surface area contributed by atoms with Gasteiger partial charge in [0.05, 0.1) is 7.11 Å². The number of pyridine rings is 1. The van der Waals surface area contributed by atoms with Gasteiger partial charge in [-0.2, -0.15) is 0 Å². The number of carbonyl (C=O) groups excluding carboxylic acids is 1. The molecular weight excluding hydrogens is 258 g/mol. The fourth-order valence-electron chi connectivity index (χ4n) is 1.61. The summed E-state index contributed by atoms with van der Waals surface area (Å²) in [5.74, 6) is 0.725. The lowest BCUT2D eigenvalue weighted by Gasteiger charge is -2.23. The normalized spacial score (nSPS) is 12.7. The van der Waals surface area contributed by atoms with Crippen molar-refractivity contribution in [3.05, 3.63) is 24.0 Å². The Labute approximate surface area is 119 Å². The first-order chi connectivity index (χ1) is 9.34. The molecule has 1 unspecified atom stereocenters. The Morgan fingerprint density at radius 2 is 2.20 bits per heavy atom. The molecule has 112 valence electrons. The van der Waals surface area contributed by atoms with E-state index in [1.54, 1.807) is 19.4 Å². The van der Waals surface area contributed by atoms with E-state index in [1.165, 1.54) is 0 Å². The highest BCUT2D eigenvalue weighted by molar-refractivity contribution is 5.68. The minimum atomic E-state index is -0.530. The Hall–Kier alpha value is -1.82. The summed E-state index contributed by atoms with van der Waals surface area (Å²) in [6, 6.07) is 3.35. The van der Waals surface area contributed by atoms with Crippen molar-refractivity contribution in [3.63, 3.8) is 0 Å². The third kappa shape index (κ3) is 5.88. The van der Waals surface area contributed by atoms with Crippen molar-refractivity contribution in [3.8, 4) is 5.75 Å². The predicted octanol–water partition coefficient (Wildman–Crippen LogP) is 1.48. The molecule has 0 aromatic carbocycles. The summed E-state index contributed by atoms with van der Waals surface area (Å²) in [6.45, 7) is 5.74. The van der Waals surface area contributed by atoms with Crippen LogP contribution in [0.4, 0.5) is 4.79 Å². The number of hydrogen-bond donors (Lipinski definition) is 2. The topological polar surface area (TPSA) is 86.5 Å². The van der Waals surface area contributed by atoms with Crippen molar-refractivity contribution in [2.45, 2.75) is 38.8 Å². The van der Waals surface area contributed by atoms with E-state index in [1.807, 2.05) is 26.8 Å². The molecule has 3 N–H and O–H groups in total. The molecule has 0 saturated heterocycles. The minimum absolute atomic E-state index is 0.232. The summed E-state index contributed by atoms with van der Waals surface area (Å²) in [5, 5.41) is 2.74. The van der Waals surface area contributed by atoms with Crippen molar-refractivity contribution in [2.24, 2.45) is 5.73 Å². The summed E-state index contributed by atoms with van der Waals surface area (Å²) in [7, 11) is 1.60. The third-order valence-electron chi connectivity index (χ3n) is 2.48. The van der Waals surface area contributed by atoms with E-state index in [-0.39, 0.29) is 6.04 Å². The zero-order chi connectivity index (χ0) is 15.2. The van der Waals surface area contributed by atoms with Crippen molar-refractivity contribution < 1.29 is 14.3 Å². The number of nitrogens with one attached hydrogen (secondary N) is 1. The van der Waals surface area contributed by atoms with E-state index >= 15 is 0 Å². The Bertz CT molecular complexity index is 444. The van der Waals surface area contributed by atoms with Gasteiger partial charge in [-0.25, -0.2) is 4.79 Å². The summed E-state index contributed by atoms with van der Waals surface area (Å²) in [5.41, 5.74) is 5.95. The maximum Gasteiger partial charge on any atom is 0.407 e. The molecule has 0 spiro atoms. The Balaban J connectivity index is 2.60. The predicted molar refractivity (Wildman–Crippen MR) is 76.7 cm³/mol. The van der Waals surface area contributed by atoms with Crippen LogP contribution in [0.25, 0.3) is 0 Å². The lowest BCUT2D eigenvalue weighted by atomic mass is 10.1. The van der Waals surface area contributed by atoms with Gasteiger partial charge < -0.3 is 20.5 Å². The molecule has 20 heavy (non-hydrogen) atoms. The second-order valence-electron chi connectivity index (χ2n) is 5.47. The summed E-state index contributed by atoms with van der Waals surface area (Å²) in [6.07, 6.45) is 1.71. The number of hydrogen-bond acceptors (Lipinski definition) is 5. The first-order valence-corrected chi connectivity index (χ1v) is 6.52. The molecule has 0 aliphatic carbocycles. The van der Waals surface area contributed by atoms with E-state index < -0.39 is 11.7 Å². The van der Waals surface area contributed by atoms with E-state index in [2.05, 4.69) is 10.3 Å². The maximum absolute atomic E-state index is 11.7. The van der Waals surface area contributed by atoms with Crippen LogP contribution in [0, 0.1) is 0 Å². The zero-order valence-electron chi connectivity index (χ0n) is 12.5. The van der Waals surface area contributed by atoms with Gasteiger partial charge >= 0.3 is 6.09 Å². The average Bonchev–Trinajstić information content (AvgIpc) is 2.36. The number of carbonyl (C=O) groups is 1. The number of nitrogens with two attached hydrogens (primary N) is 1. The molecule has 0 bridgehead atoms. The minimum Gasteiger partial charge on any atom is -0.497 e. The molecule has 0 aliphatic rings. The number of amides is 1. The molecule has 1 aromatic rings. The Morgan fingerprint density at radius 3 is 2.75 bits per heavy atom. The van der Waals surface area contributed by atoms with Crippen LogP contribution in [0.1, 0.15) is 26.5 Å². The molecule has 1 aromatic heterocycles. The molecule has 0 radical (unpaired) electrons. The van der Waals surface area contributed by atoms with Gasteiger partial charge in [0.2, 0.25) is 0 Å². The van der Waals surface area contributed by atoms with Gasteiger partial charge in [0.15, 0.2) is 0 Å². The highest BCUT2D eigenvalue weighted by Gasteiger charge is 2.19. The monoisotopic (exact) mass is 281 g/mol. The van der Waals surface area contributed by atoms with Crippen LogP contribution in [-0.2, 0) is 11.2 Å². The lowest BCUT2D eigenvalue weighted by molar-refractivity contribution is 0.0506. The first kappa shape index (κ1) is 16.2. The zero-order valence-corrected chi connectivity index (χ0v) is 12.5. The number of aromatic nitrogens is 1. The number of nitrogens with zero attached hydrogens (tertiary/aromatic N) is 1. The van der Waals surface area contributed by atoms with Crippen LogP contribution in [0.5, 0.6) is 5.75 Å². The third-order valence-corrected chi connectivity index (χ3v) is 2.48. The van der Waals surface area contributed by atoms with Crippen molar-refractivity contribution >= 4 is 6.09 Å². The van der Waals surface area contributed by atoms with E-state index in [9.17, 15) is 4.79 Å². The molecule has 1 heterocycles. The summed E-state index contributed by atoms with van der Waals surface area (Å²) >= 11 is 0. The number of alkyl carbamates (subject to hydrolysis) is 1.